The van der Waals surface area contributed by atoms with E-state index in [1.807, 2.05) is 0 Å². The van der Waals surface area contributed by atoms with Gasteiger partial charge in [-0.2, -0.15) is 0 Å². The summed E-state index contributed by atoms with van der Waals surface area (Å²) in [6, 6.07) is 3.89. The number of hydrogen-bond acceptors (Lipinski definition) is 8. The molecule has 4 N–H and O–H groups in total. The molecule has 0 aliphatic carbocycles. The molecule has 1 fully saturated rings. The van der Waals surface area contributed by atoms with Crippen molar-refractivity contribution in [1.82, 2.24) is 15.5 Å². The van der Waals surface area contributed by atoms with Crippen LogP contribution in [0.25, 0.3) is 0 Å². The van der Waals surface area contributed by atoms with E-state index in [0.29, 0.717) is 38.5 Å². The topological polar surface area (TPSA) is 163 Å². The summed E-state index contributed by atoms with van der Waals surface area (Å²) >= 11 is 0. The average Bonchev–Trinajstić information content (AvgIpc) is 3.03. The van der Waals surface area contributed by atoms with Gasteiger partial charge in [-0.1, -0.05) is 6.07 Å². The van der Waals surface area contributed by atoms with E-state index in [1.165, 1.54) is 0 Å². The number of hydrogen-bond donors (Lipinski definition) is 4. The van der Waals surface area contributed by atoms with Gasteiger partial charge in [-0.15, -0.1) is 0 Å². The Morgan fingerprint density at radius 1 is 1.06 bits per heavy atom. The summed E-state index contributed by atoms with van der Waals surface area (Å²) < 4.78 is 10.7. The lowest BCUT2D eigenvalue weighted by atomic mass is 10.0. The average molecular weight is 462 g/mol. The first-order valence-corrected chi connectivity index (χ1v) is 10.6. The van der Waals surface area contributed by atoms with Crippen LogP contribution in [0.2, 0.25) is 0 Å². The van der Waals surface area contributed by atoms with Crippen LogP contribution >= 0.6 is 0 Å². The Hall–Kier alpha value is -3.51. The van der Waals surface area contributed by atoms with Crippen LogP contribution in [0, 0.1) is 0 Å². The van der Waals surface area contributed by atoms with Crippen molar-refractivity contribution in [1.29, 1.82) is 0 Å². The maximum Gasteiger partial charge on any atom is 0.404 e. The number of fused-ring (bicyclic) bond motifs is 1. The van der Waals surface area contributed by atoms with Gasteiger partial charge in [-0.05, 0) is 25.0 Å². The van der Waals surface area contributed by atoms with E-state index in [4.69, 9.17) is 14.6 Å². The second kappa shape index (κ2) is 11.4. The van der Waals surface area contributed by atoms with Crippen LogP contribution < -0.4 is 16.0 Å². The number of carbonyl (C=O) groups is 5. The Morgan fingerprint density at radius 2 is 1.82 bits per heavy atom. The number of nitrogens with zero attached hydrogens (tertiary/aromatic N) is 1. The Kier molecular flexibility index (Phi) is 8.33. The van der Waals surface area contributed by atoms with Crippen molar-refractivity contribution in [2.75, 3.05) is 44.8 Å². The molecule has 0 radical (unpaired) electrons. The highest BCUT2D eigenvalue weighted by Crippen LogP contribution is 2.32. The Labute approximate surface area is 189 Å². The van der Waals surface area contributed by atoms with E-state index in [1.54, 1.807) is 18.2 Å². The maximum absolute atomic E-state index is 13.0. The summed E-state index contributed by atoms with van der Waals surface area (Å²) in [5.41, 5.74) is 0.937. The fourth-order valence-corrected chi connectivity index (χ4v) is 3.61. The van der Waals surface area contributed by atoms with E-state index in [9.17, 15) is 24.0 Å². The van der Waals surface area contributed by atoms with Gasteiger partial charge >= 0.3 is 6.09 Å². The fraction of sp³-hybridized carbons (Fsp3) is 0.476. The zero-order valence-corrected chi connectivity index (χ0v) is 17.9. The monoisotopic (exact) mass is 462 g/mol. The van der Waals surface area contributed by atoms with Gasteiger partial charge in [0.1, 0.15) is 6.04 Å². The van der Waals surface area contributed by atoms with Crippen molar-refractivity contribution < 1.29 is 38.6 Å². The summed E-state index contributed by atoms with van der Waals surface area (Å²) in [6.07, 6.45) is -0.292. The number of imide groups is 2. The highest BCUT2D eigenvalue weighted by atomic mass is 16.5. The molecule has 0 bridgehead atoms. The Balaban J connectivity index is 1.44. The van der Waals surface area contributed by atoms with Gasteiger partial charge in [0.05, 0.1) is 30.9 Å². The van der Waals surface area contributed by atoms with Crippen LogP contribution in [0.4, 0.5) is 10.5 Å². The second-order valence-electron chi connectivity index (χ2n) is 7.41. The van der Waals surface area contributed by atoms with Crippen molar-refractivity contribution in [3.05, 3.63) is 29.3 Å². The van der Waals surface area contributed by atoms with Crippen molar-refractivity contribution >= 4 is 35.4 Å². The van der Waals surface area contributed by atoms with E-state index in [-0.39, 0.29) is 37.1 Å². The van der Waals surface area contributed by atoms with Crippen molar-refractivity contribution in [3.63, 3.8) is 0 Å². The molecule has 0 saturated carbocycles. The van der Waals surface area contributed by atoms with Crippen LogP contribution in [0.5, 0.6) is 0 Å². The molecular weight excluding hydrogens is 436 g/mol. The number of nitrogens with one attached hydrogen (secondary N) is 3. The molecular formula is C21H26N4O8. The predicted molar refractivity (Wildman–Crippen MR) is 114 cm³/mol. The van der Waals surface area contributed by atoms with E-state index < -0.39 is 35.8 Å². The van der Waals surface area contributed by atoms with Crippen molar-refractivity contribution in [2.24, 2.45) is 0 Å². The lowest BCUT2D eigenvalue weighted by Gasteiger charge is -2.27. The van der Waals surface area contributed by atoms with Gasteiger partial charge in [0.2, 0.25) is 11.8 Å². The summed E-state index contributed by atoms with van der Waals surface area (Å²) in [4.78, 5) is 60.6. The van der Waals surface area contributed by atoms with Gasteiger partial charge in [0.15, 0.2) is 0 Å². The summed E-state index contributed by atoms with van der Waals surface area (Å²) in [6.45, 7) is 2.10. The molecule has 1 unspecified atom stereocenters. The predicted octanol–water partition coefficient (Wildman–Crippen LogP) is 0.191. The molecule has 5 amide bonds. The van der Waals surface area contributed by atoms with Crippen LogP contribution in [-0.4, -0.2) is 85.3 Å². The molecule has 0 spiro atoms. The molecule has 178 valence electrons. The minimum Gasteiger partial charge on any atom is -0.465 e. The third-order valence-corrected chi connectivity index (χ3v) is 5.14. The second-order valence-corrected chi connectivity index (χ2v) is 7.41. The van der Waals surface area contributed by atoms with Crippen molar-refractivity contribution in [3.8, 4) is 0 Å². The zero-order chi connectivity index (χ0) is 23.8. The molecule has 1 saturated heterocycles. The first-order valence-electron chi connectivity index (χ1n) is 10.6. The molecule has 12 heteroatoms. The molecule has 1 aromatic carbocycles. The number of carbonyl (C=O) groups excluding carboxylic acids is 4. The number of piperidine rings is 1. The summed E-state index contributed by atoms with van der Waals surface area (Å²) in [7, 11) is 0. The standard InChI is InChI=1S/C21H26N4O8/c26-16-6-5-15(18(27)24-16)25-19(28)13-3-1-4-14(17(13)20(25)29)22-7-2-9-32-11-12-33-10-8-23-21(30)31/h1,3-4,15,22-23H,2,5-12H2,(H,30,31)(H,24,26,27). The molecule has 0 aromatic heterocycles. The van der Waals surface area contributed by atoms with Crippen LogP contribution in [0.15, 0.2) is 18.2 Å². The van der Waals surface area contributed by atoms with Crippen LogP contribution in [0.3, 0.4) is 0 Å². The summed E-state index contributed by atoms with van der Waals surface area (Å²) in [5, 5.41) is 15.9. The molecule has 12 nitrogen and oxygen atoms in total. The molecule has 3 rings (SSSR count). The van der Waals surface area contributed by atoms with Gasteiger partial charge in [0, 0.05) is 31.8 Å². The molecule has 2 heterocycles. The minimum atomic E-state index is -1.10. The molecule has 2 aliphatic heterocycles. The highest BCUT2D eigenvalue weighted by Gasteiger charge is 2.45. The number of ether oxygens (including phenoxy) is 2. The third kappa shape index (κ3) is 6.05. The smallest absolute Gasteiger partial charge is 0.404 e. The Bertz CT molecular complexity index is 935. The quantitative estimate of drug-likeness (QED) is 0.251. The summed E-state index contributed by atoms with van der Waals surface area (Å²) in [5.74, 6) is -2.16. The van der Waals surface area contributed by atoms with Crippen molar-refractivity contribution in [2.45, 2.75) is 25.3 Å². The highest BCUT2D eigenvalue weighted by molar-refractivity contribution is 6.25. The Morgan fingerprint density at radius 3 is 2.55 bits per heavy atom. The van der Waals surface area contributed by atoms with Gasteiger partial charge in [-0.25, -0.2) is 4.79 Å². The number of benzene rings is 1. The van der Waals surface area contributed by atoms with E-state index in [2.05, 4.69) is 16.0 Å². The third-order valence-electron chi connectivity index (χ3n) is 5.14. The van der Waals surface area contributed by atoms with Crippen LogP contribution in [0.1, 0.15) is 40.0 Å². The lowest BCUT2D eigenvalue weighted by molar-refractivity contribution is -0.136. The lowest BCUT2D eigenvalue weighted by Crippen LogP contribution is -2.54. The normalized spacial score (nSPS) is 17.7. The number of amides is 5. The molecule has 1 atom stereocenters. The number of rotatable bonds is 12. The van der Waals surface area contributed by atoms with Crippen LogP contribution in [-0.2, 0) is 19.1 Å². The largest absolute Gasteiger partial charge is 0.465 e. The first-order chi connectivity index (χ1) is 15.9. The van der Waals surface area contributed by atoms with Gasteiger partial charge < -0.3 is 25.2 Å². The molecule has 2 aliphatic rings. The van der Waals surface area contributed by atoms with Gasteiger partial charge in [-0.3, -0.25) is 29.4 Å². The fourth-order valence-electron chi connectivity index (χ4n) is 3.61. The first kappa shape index (κ1) is 24.1. The minimum absolute atomic E-state index is 0.0686. The number of anilines is 1. The number of carboxylic acid groups (broad SMARTS) is 1. The maximum atomic E-state index is 13.0. The molecule has 33 heavy (non-hydrogen) atoms. The zero-order valence-electron chi connectivity index (χ0n) is 17.9. The van der Waals surface area contributed by atoms with E-state index in [0.717, 1.165) is 4.90 Å². The van der Waals surface area contributed by atoms with Gasteiger partial charge in [0.25, 0.3) is 11.8 Å². The molecule has 1 aromatic rings. The SMILES string of the molecule is O=C(O)NCCOCCOCCCNc1cccc2c1C(=O)N(C1CCC(=O)NC1=O)C2=O. The van der Waals surface area contributed by atoms with E-state index >= 15 is 0 Å².